The minimum Gasteiger partial charge on any atom is -0.508 e. The zero-order chi connectivity index (χ0) is 15.2. The highest BCUT2D eigenvalue weighted by molar-refractivity contribution is 5.41. The number of aliphatic hydroxyl groups excluding tert-OH is 1. The van der Waals surface area contributed by atoms with Crippen LogP contribution in [0, 0.1) is 5.41 Å². The maximum atomic E-state index is 9.96. The first-order valence-corrected chi connectivity index (χ1v) is 7.23. The molecule has 0 amide bonds. The Hall–Kier alpha value is -1.26. The van der Waals surface area contributed by atoms with Gasteiger partial charge in [-0.25, -0.2) is 0 Å². The Balaban J connectivity index is 2.78. The van der Waals surface area contributed by atoms with Crippen LogP contribution in [-0.4, -0.2) is 30.5 Å². The number of aromatic hydroxyl groups is 1. The molecule has 0 aliphatic heterocycles. The Morgan fingerprint density at radius 2 is 1.95 bits per heavy atom. The van der Waals surface area contributed by atoms with Crippen LogP contribution in [0.2, 0.25) is 0 Å². The van der Waals surface area contributed by atoms with E-state index in [4.69, 9.17) is 4.74 Å². The summed E-state index contributed by atoms with van der Waals surface area (Å²) in [5.41, 5.74) is 0.714. The molecule has 4 nitrogen and oxygen atoms in total. The van der Waals surface area contributed by atoms with Crippen LogP contribution in [0.4, 0.5) is 0 Å². The average molecular weight is 281 g/mol. The van der Waals surface area contributed by atoms with Gasteiger partial charge in [-0.05, 0) is 38.0 Å². The van der Waals surface area contributed by atoms with Crippen molar-refractivity contribution in [3.8, 4) is 11.5 Å². The van der Waals surface area contributed by atoms with Crippen molar-refractivity contribution < 1.29 is 14.9 Å². The molecule has 0 spiro atoms. The number of phenolic OH excluding ortho intramolecular Hbond substituents is 1. The van der Waals surface area contributed by atoms with Crippen LogP contribution in [0.25, 0.3) is 0 Å². The number of hydrogen-bond acceptors (Lipinski definition) is 4. The fourth-order valence-electron chi connectivity index (χ4n) is 2.27. The fourth-order valence-corrected chi connectivity index (χ4v) is 2.27. The van der Waals surface area contributed by atoms with E-state index >= 15 is 0 Å². The Morgan fingerprint density at radius 1 is 1.30 bits per heavy atom. The summed E-state index contributed by atoms with van der Waals surface area (Å²) in [5, 5.41) is 23.0. The van der Waals surface area contributed by atoms with Crippen LogP contribution in [-0.2, 0) is 0 Å². The maximum absolute atomic E-state index is 9.96. The van der Waals surface area contributed by atoms with Crippen molar-refractivity contribution in [1.29, 1.82) is 0 Å². The molecule has 0 heterocycles. The Labute approximate surface area is 121 Å². The van der Waals surface area contributed by atoms with Crippen LogP contribution in [0.3, 0.4) is 0 Å². The molecule has 1 aromatic carbocycles. The normalized spacial score (nSPS) is 13.2. The van der Waals surface area contributed by atoms with Crippen LogP contribution in [0.5, 0.6) is 11.5 Å². The SMILES string of the molecule is CCC(CC)(CO)CNC(C)c1cc(OC)ccc1O. The summed E-state index contributed by atoms with van der Waals surface area (Å²) in [6, 6.07) is 5.22. The fraction of sp³-hybridized carbons (Fsp3) is 0.625. The van der Waals surface area contributed by atoms with Crippen molar-refractivity contribution in [2.75, 3.05) is 20.3 Å². The van der Waals surface area contributed by atoms with E-state index in [0.717, 1.165) is 24.2 Å². The third-order valence-corrected chi connectivity index (χ3v) is 4.32. The molecule has 0 radical (unpaired) electrons. The molecule has 3 N–H and O–H groups in total. The second-order valence-electron chi connectivity index (χ2n) is 5.39. The molecule has 0 aliphatic rings. The lowest BCUT2D eigenvalue weighted by atomic mass is 9.83. The van der Waals surface area contributed by atoms with Gasteiger partial charge in [-0.2, -0.15) is 0 Å². The highest BCUT2D eigenvalue weighted by atomic mass is 16.5. The molecular formula is C16H27NO3. The van der Waals surface area contributed by atoms with Crippen molar-refractivity contribution in [2.24, 2.45) is 5.41 Å². The van der Waals surface area contributed by atoms with Crippen LogP contribution in [0.15, 0.2) is 18.2 Å². The first-order valence-electron chi connectivity index (χ1n) is 7.23. The second-order valence-corrected chi connectivity index (χ2v) is 5.39. The Morgan fingerprint density at radius 3 is 2.45 bits per heavy atom. The van der Waals surface area contributed by atoms with Gasteiger partial charge in [-0.1, -0.05) is 13.8 Å². The van der Waals surface area contributed by atoms with E-state index in [0.29, 0.717) is 6.54 Å². The minimum atomic E-state index is -0.0945. The maximum Gasteiger partial charge on any atom is 0.120 e. The summed E-state index contributed by atoms with van der Waals surface area (Å²) in [4.78, 5) is 0. The van der Waals surface area contributed by atoms with E-state index < -0.39 is 0 Å². The van der Waals surface area contributed by atoms with Gasteiger partial charge >= 0.3 is 0 Å². The van der Waals surface area contributed by atoms with E-state index in [1.165, 1.54) is 0 Å². The van der Waals surface area contributed by atoms with Crippen molar-refractivity contribution in [3.63, 3.8) is 0 Å². The monoisotopic (exact) mass is 281 g/mol. The van der Waals surface area contributed by atoms with Crippen LogP contribution >= 0.6 is 0 Å². The molecule has 0 saturated heterocycles. The van der Waals surface area contributed by atoms with Crippen molar-refractivity contribution >= 4 is 0 Å². The molecule has 1 aromatic rings. The molecule has 1 rings (SSSR count). The number of hydrogen-bond donors (Lipinski definition) is 3. The van der Waals surface area contributed by atoms with Gasteiger partial charge in [0.1, 0.15) is 11.5 Å². The van der Waals surface area contributed by atoms with E-state index in [1.807, 2.05) is 13.0 Å². The summed E-state index contributed by atoms with van der Waals surface area (Å²) >= 11 is 0. The molecule has 1 atom stereocenters. The zero-order valence-electron chi connectivity index (χ0n) is 12.9. The van der Waals surface area contributed by atoms with Gasteiger partial charge in [-0.3, -0.25) is 0 Å². The first-order chi connectivity index (χ1) is 9.51. The molecule has 0 bridgehead atoms. The zero-order valence-corrected chi connectivity index (χ0v) is 12.9. The van der Waals surface area contributed by atoms with Gasteiger partial charge in [0, 0.05) is 30.2 Å². The number of nitrogens with one attached hydrogen (secondary N) is 1. The molecule has 114 valence electrons. The highest BCUT2D eigenvalue weighted by Crippen LogP contribution is 2.30. The van der Waals surface area contributed by atoms with E-state index in [-0.39, 0.29) is 23.8 Å². The van der Waals surface area contributed by atoms with Gasteiger partial charge < -0.3 is 20.3 Å². The summed E-state index contributed by atoms with van der Waals surface area (Å²) in [5.74, 6) is 0.985. The van der Waals surface area contributed by atoms with E-state index in [2.05, 4.69) is 19.2 Å². The number of rotatable bonds is 8. The summed E-state index contributed by atoms with van der Waals surface area (Å²) in [6.45, 7) is 7.07. The summed E-state index contributed by atoms with van der Waals surface area (Å²) < 4.78 is 5.19. The number of methoxy groups -OCH3 is 1. The minimum absolute atomic E-state index is 0.00544. The lowest BCUT2D eigenvalue weighted by molar-refractivity contribution is 0.110. The molecular weight excluding hydrogens is 254 g/mol. The standard InChI is InChI=1S/C16H27NO3/c1-5-16(6-2,11-18)10-17-12(3)14-9-13(20-4)7-8-15(14)19/h7-9,12,17-19H,5-6,10-11H2,1-4H3. The summed E-state index contributed by atoms with van der Waals surface area (Å²) in [7, 11) is 1.61. The lowest BCUT2D eigenvalue weighted by Crippen LogP contribution is -2.37. The first kappa shape index (κ1) is 16.8. The largest absolute Gasteiger partial charge is 0.508 e. The Kier molecular flexibility index (Phi) is 6.30. The van der Waals surface area contributed by atoms with Gasteiger partial charge in [0.2, 0.25) is 0 Å². The molecule has 1 unspecified atom stereocenters. The molecule has 0 fully saturated rings. The average Bonchev–Trinajstić information content (AvgIpc) is 2.49. The quantitative estimate of drug-likeness (QED) is 0.685. The predicted molar refractivity (Wildman–Crippen MR) is 81.2 cm³/mol. The lowest BCUT2D eigenvalue weighted by Gasteiger charge is -2.31. The number of aliphatic hydroxyl groups is 1. The Bertz CT molecular complexity index is 408. The van der Waals surface area contributed by atoms with Crippen molar-refractivity contribution in [2.45, 2.75) is 39.7 Å². The van der Waals surface area contributed by atoms with Crippen LogP contribution in [0.1, 0.15) is 45.2 Å². The highest BCUT2D eigenvalue weighted by Gasteiger charge is 2.26. The third-order valence-electron chi connectivity index (χ3n) is 4.32. The van der Waals surface area contributed by atoms with Gasteiger partial charge in [-0.15, -0.1) is 0 Å². The number of phenols is 1. The molecule has 0 saturated carbocycles. The van der Waals surface area contributed by atoms with Gasteiger partial charge in [0.05, 0.1) is 7.11 Å². The topological polar surface area (TPSA) is 61.7 Å². The third kappa shape index (κ3) is 3.87. The van der Waals surface area contributed by atoms with E-state index in [1.54, 1.807) is 19.2 Å². The van der Waals surface area contributed by atoms with Gasteiger partial charge in [0.15, 0.2) is 0 Å². The number of ether oxygens (including phenoxy) is 1. The van der Waals surface area contributed by atoms with Crippen molar-refractivity contribution in [1.82, 2.24) is 5.32 Å². The molecule has 0 aliphatic carbocycles. The smallest absolute Gasteiger partial charge is 0.120 e. The van der Waals surface area contributed by atoms with Crippen LogP contribution < -0.4 is 10.1 Å². The van der Waals surface area contributed by atoms with Crippen molar-refractivity contribution in [3.05, 3.63) is 23.8 Å². The molecule has 4 heteroatoms. The van der Waals surface area contributed by atoms with Gasteiger partial charge in [0.25, 0.3) is 0 Å². The van der Waals surface area contributed by atoms with E-state index in [9.17, 15) is 10.2 Å². The predicted octanol–water partition coefficient (Wildman–Crippen LogP) is 2.85. The molecule has 20 heavy (non-hydrogen) atoms. The second kappa shape index (κ2) is 7.50. The molecule has 0 aromatic heterocycles. The summed E-state index contributed by atoms with van der Waals surface area (Å²) in [6.07, 6.45) is 1.84. The number of benzene rings is 1.